The summed E-state index contributed by atoms with van der Waals surface area (Å²) in [6.07, 6.45) is 1.42. The minimum absolute atomic E-state index is 0.152. The second-order valence-electron chi connectivity index (χ2n) is 6.71. The fraction of sp³-hybridized carbons (Fsp3) is 0.381. The van der Waals surface area contributed by atoms with E-state index in [2.05, 4.69) is 28.1 Å². The molecule has 0 aromatic heterocycles. The van der Waals surface area contributed by atoms with Gasteiger partial charge in [0, 0.05) is 31.3 Å². The molecular weight excluding hydrogens is 394 g/mol. The van der Waals surface area contributed by atoms with Gasteiger partial charge in [-0.1, -0.05) is 40.2 Å². The molecule has 2 aromatic carbocycles. The summed E-state index contributed by atoms with van der Waals surface area (Å²) in [6, 6.07) is 16.0. The molecule has 1 aliphatic heterocycles. The van der Waals surface area contributed by atoms with Gasteiger partial charge in [-0.3, -0.25) is 4.79 Å². The van der Waals surface area contributed by atoms with Crippen molar-refractivity contribution in [1.29, 1.82) is 0 Å². The molecule has 0 aliphatic carbocycles. The molecule has 2 aromatic rings. The lowest BCUT2D eigenvalue weighted by Crippen LogP contribution is -2.48. The highest BCUT2D eigenvalue weighted by molar-refractivity contribution is 9.10. The number of likely N-dealkylation sites (N-methyl/N-ethyl adjacent to an activating group) is 1. The SMILES string of the molecule is COc1ccc(CN(C)C(=O)C2(c3ccc(Br)cc3)CCOCC2)cc1. The summed E-state index contributed by atoms with van der Waals surface area (Å²) in [5.74, 6) is 0.970. The fourth-order valence-electron chi connectivity index (χ4n) is 3.56. The molecule has 0 spiro atoms. The second kappa shape index (κ2) is 8.23. The number of halogens is 1. The van der Waals surface area contributed by atoms with E-state index < -0.39 is 5.41 Å². The van der Waals surface area contributed by atoms with E-state index in [0.717, 1.165) is 21.3 Å². The van der Waals surface area contributed by atoms with Crippen molar-refractivity contribution in [2.75, 3.05) is 27.4 Å². The van der Waals surface area contributed by atoms with Gasteiger partial charge in [0.1, 0.15) is 5.75 Å². The molecule has 1 saturated heterocycles. The Morgan fingerprint density at radius 1 is 1.12 bits per heavy atom. The first-order chi connectivity index (χ1) is 12.5. The molecule has 26 heavy (non-hydrogen) atoms. The van der Waals surface area contributed by atoms with Gasteiger partial charge in [0.05, 0.1) is 12.5 Å². The lowest BCUT2D eigenvalue weighted by atomic mass is 9.73. The van der Waals surface area contributed by atoms with E-state index in [1.807, 2.05) is 48.3 Å². The van der Waals surface area contributed by atoms with E-state index in [9.17, 15) is 4.79 Å². The zero-order valence-electron chi connectivity index (χ0n) is 15.2. The molecule has 1 amide bonds. The number of rotatable bonds is 5. The molecule has 0 unspecified atom stereocenters. The first-order valence-corrected chi connectivity index (χ1v) is 9.57. The molecule has 138 valence electrons. The molecule has 0 saturated carbocycles. The van der Waals surface area contributed by atoms with Gasteiger partial charge in [-0.2, -0.15) is 0 Å². The normalized spacial score (nSPS) is 16.1. The molecule has 1 fully saturated rings. The Morgan fingerprint density at radius 3 is 2.31 bits per heavy atom. The van der Waals surface area contributed by atoms with Crippen LogP contribution in [0.25, 0.3) is 0 Å². The molecule has 0 radical (unpaired) electrons. The number of hydrogen-bond acceptors (Lipinski definition) is 3. The van der Waals surface area contributed by atoms with Crippen LogP contribution in [0.3, 0.4) is 0 Å². The Kier molecular flexibility index (Phi) is 5.99. The van der Waals surface area contributed by atoms with E-state index in [1.165, 1.54) is 0 Å². The lowest BCUT2D eigenvalue weighted by molar-refractivity contribution is -0.140. The third-order valence-corrected chi connectivity index (χ3v) is 5.61. The number of ether oxygens (including phenoxy) is 2. The number of hydrogen-bond donors (Lipinski definition) is 0. The number of carbonyl (C=O) groups is 1. The Labute approximate surface area is 163 Å². The summed E-state index contributed by atoms with van der Waals surface area (Å²) < 4.78 is 11.8. The number of nitrogens with zero attached hydrogens (tertiary/aromatic N) is 1. The van der Waals surface area contributed by atoms with Gasteiger partial charge < -0.3 is 14.4 Å². The zero-order chi connectivity index (χ0) is 18.6. The molecule has 3 rings (SSSR count). The van der Waals surface area contributed by atoms with Gasteiger partial charge in [-0.15, -0.1) is 0 Å². The first-order valence-electron chi connectivity index (χ1n) is 8.77. The molecule has 0 N–H and O–H groups in total. The minimum atomic E-state index is -0.514. The highest BCUT2D eigenvalue weighted by atomic mass is 79.9. The second-order valence-corrected chi connectivity index (χ2v) is 7.63. The standard InChI is InChI=1S/C21H24BrNO3/c1-23(15-16-3-9-19(25-2)10-4-16)20(24)21(11-13-26-14-12-21)17-5-7-18(22)8-6-17/h3-10H,11-15H2,1-2H3. The Morgan fingerprint density at radius 2 is 1.73 bits per heavy atom. The van der Waals surface area contributed by atoms with Crippen LogP contribution >= 0.6 is 15.9 Å². The van der Waals surface area contributed by atoms with Crippen molar-refractivity contribution in [1.82, 2.24) is 4.90 Å². The van der Waals surface area contributed by atoms with Crippen molar-refractivity contribution in [2.45, 2.75) is 24.8 Å². The van der Waals surface area contributed by atoms with Crippen LogP contribution in [0.1, 0.15) is 24.0 Å². The summed E-state index contributed by atoms with van der Waals surface area (Å²) >= 11 is 3.48. The van der Waals surface area contributed by atoms with E-state index in [-0.39, 0.29) is 5.91 Å². The number of amides is 1. The monoisotopic (exact) mass is 417 g/mol. The average Bonchev–Trinajstić information content (AvgIpc) is 2.69. The van der Waals surface area contributed by atoms with Gasteiger partial charge in [-0.25, -0.2) is 0 Å². The van der Waals surface area contributed by atoms with Crippen LogP contribution in [-0.2, 0) is 21.5 Å². The summed E-state index contributed by atoms with van der Waals surface area (Å²) in [6.45, 7) is 1.79. The predicted molar refractivity (Wildman–Crippen MR) is 105 cm³/mol. The summed E-state index contributed by atoms with van der Waals surface area (Å²) in [5.41, 5.74) is 1.63. The van der Waals surface area contributed by atoms with Crippen molar-refractivity contribution >= 4 is 21.8 Å². The maximum atomic E-state index is 13.5. The van der Waals surface area contributed by atoms with Crippen LogP contribution in [0.15, 0.2) is 53.0 Å². The van der Waals surface area contributed by atoms with Crippen molar-refractivity contribution < 1.29 is 14.3 Å². The average molecular weight is 418 g/mol. The summed E-state index contributed by atoms with van der Waals surface area (Å²) in [4.78, 5) is 15.3. The predicted octanol–water partition coefficient (Wildman–Crippen LogP) is 4.16. The number of methoxy groups -OCH3 is 1. The van der Waals surface area contributed by atoms with Crippen molar-refractivity contribution in [2.24, 2.45) is 0 Å². The van der Waals surface area contributed by atoms with Gasteiger partial charge >= 0.3 is 0 Å². The number of benzene rings is 2. The maximum absolute atomic E-state index is 13.5. The van der Waals surface area contributed by atoms with Gasteiger partial charge in [-0.05, 0) is 48.2 Å². The quantitative estimate of drug-likeness (QED) is 0.732. The molecule has 5 heteroatoms. The molecular formula is C21H24BrNO3. The topological polar surface area (TPSA) is 38.8 Å². The van der Waals surface area contributed by atoms with E-state index in [1.54, 1.807) is 7.11 Å². The van der Waals surface area contributed by atoms with Gasteiger partial charge in [0.2, 0.25) is 5.91 Å². The van der Waals surface area contributed by atoms with Crippen LogP contribution in [0.2, 0.25) is 0 Å². The van der Waals surface area contributed by atoms with E-state index in [0.29, 0.717) is 32.6 Å². The van der Waals surface area contributed by atoms with Crippen molar-refractivity contribution in [3.05, 3.63) is 64.1 Å². The molecule has 4 nitrogen and oxygen atoms in total. The first kappa shape index (κ1) is 18.9. The molecule has 1 heterocycles. The Hall–Kier alpha value is -1.85. The molecule has 0 bridgehead atoms. The largest absolute Gasteiger partial charge is 0.497 e. The Balaban J connectivity index is 1.83. The highest BCUT2D eigenvalue weighted by Crippen LogP contribution is 2.37. The van der Waals surface area contributed by atoms with Crippen molar-refractivity contribution in [3.8, 4) is 5.75 Å². The minimum Gasteiger partial charge on any atom is -0.497 e. The third kappa shape index (κ3) is 3.94. The summed E-state index contributed by atoms with van der Waals surface area (Å²) in [7, 11) is 3.53. The van der Waals surface area contributed by atoms with Crippen LogP contribution < -0.4 is 4.74 Å². The molecule has 0 atom stereocenters. The third-order valence-electron chi connectivity index (χ3n) is 5.08. The van der Waals surface area contributed by atoms with Gasteiger partial charge in [0.25, 0.3) is 0 Å². The smallest absolute Gasteiger partial charge is 0.233 e. The maximum Gasteiger partial charge on any atom is 0.233 e. The van der Waals surface area contributed by atoms with Crippen LogP contribution in [0, 0.1) is 0 Å². The van der Waals surface area contributed by atoms with Crippen LogP contribution in [0.5, 0.6) is 5.75 Å². The number of carbonyl (C=O) groups excluding carboxylic acids is 1. The fourth-order valence-corrected chi connectivity index (χ4v) is 3.82. The van der Waals surface area contributed by atoms with Gasteiger partial charge in [0.15, 0.2) is 0 Å². The summed E-state index contributed by atoms with van der Waals surface area (Å²) in [5, 5.41) is 0. The van der Waals surface area contributed by atoms with Crippen LogP contribution in [0.4, 0.5) is 0 Å². The zero-order valence-corrected chi connectivity index (χ0v) is 16.8. The van der Waals surface area contributed by atoms with E-state index >= 15 is 0 Å². The highest BCUT2D eigenvalue weighted by Gasteiger charge is 2.43. The lowest BCUT2D eigenvalue weighted by Gasteiger charge is -2.39. The van der Waals surface area contributed by atoms with Crippen molar-refractivity contribution in [3.63, 3.8) is 0 Å². The van der Waals surface area contributed by atoms with Crippen LogP contribution in [-0.4, -0.2) is 38.2 Å². The molecule has 1 aliphatic rings. The Bertz CT molecular complexity index is 737. The van der Waals surface area contributed by atoms with E-state index in [4.69, 9.17) is 9.47 Å².